The van der Waals surface area contributed by atoms with Crippen LogP contribution in [0.4, 0.5) is 48.6 Å². The molecule has 0 amide bonds. The number of aromatic hydroxyl groups is 1. The summed E-state index contributed by atoms with van der Waals surface area (Å²) in [4.78, 5) is -5.46. The van der Waals surface area contributed by atoms with Gasteiger partial charge in [0.2, 0.25) is 0 Å². The predicted molar refractivity (Wildman–Crippen MR) is 211 cm³/mol. The SMILES string of the molecule is Nc1c(N=Nc2cc(F)ccc2S(=O)(=O)O)c(S(=O)(=O)O)cc2cc(S(=O)(=O)O)c(N=Nc3cc(F)c(N=Nc4ccc(S(=O)(=O)CCOS(=O)(=O)O)cc4)cc3S(=O)(=O)O)c(O)c12. The van der Waals surface area contributed by atoms with E-state index in [4.69, 9.17) is 10.3 Å². The molecule has 8 N–H and O–H groups in total. The summed E-state index contributed by atoms with van der Waals surface area (Å²) in [6.45, 7) is -0.936. The predicted octanol–water partition coefficient (Wildman–Crippen LogP) is 5.23. The maximum atomic E-state index is 15.3. The summed E-state index contributed by atoms with van der Waals surface area (Å²) < 4.78 is 226. The first-order valence-electron chi connectivity index (χ1n) is 16.1. The number of halogens is 2. The lowest BCUT2D eigenvalue weighted by Crippen LogP contribution is -2.15. The molecule has 26 nitrogen and oxygen atoms in total. The molecule has 342 valence electrons. The van der Waals surface area contributed by atoms with Crippen LogP contribution in [0, 0.1) is 11.6 Å². The van der Waals surface area contributed by atoms with E-state index in [0.29, 0.717) is 36.4 Å². The Labute approximate surface area is 358 Å². The highest BCUT2D eigenvalue weighted by Gasteiger charge is 2.29. The highest BCUT2D eigenvalue weighted by atomic mass is 32.3. The molecule has 0 saturated carbocycles. The Morgan fingerprint density at radius 3 is 1.58 bits per heavy atom. The molecule has 5 aromatic rings. The number of benzene rings is 5. The largest absolute Gasteiger partial charge is 0.505 e. The fourth-order valence-electron chi connectivity index (χ4n) is 5.19. The van der Waals surface area contributed by atoms with Crippen LogP contribution < -0.4 is 5.73 Å². The summed E-state index contributed by atoms with van der Waals surface area (Å²) in [5.74, 6) is -4.92. The average molecular weight is 1020 g/mol. The molecule has 0 aromatic heterocycles. The van der Waals surface area contributed by atoms with Gasteiger partial charge in [0.1, 0.15) is 53.8 Å². The summed E-state index contributed by atoms with van der Waals surface area (Å²) in [6, 6.07) is 6.96. The molecule has 0 heterocycles. The highest BCUT2D eigenvalue weighted by molar-refractivity contribution is 7.91. The van der Waals surface area contributed by atoms with Gasteiger partial charge < -0.3 is 10.8 Å². The molecule has 0 radical (unpaired) electrons. The Bertz CT molecular complexity index is 3560. The van der Waals surface area contributed by atoms with Gasteiger partial charge in [-0.1, -0.05) is 0 Å². The monoisotopic (exact) mass is 1010 g/mol. The minimum Gasteiger partial charge on any atom is -0.505 e. The van der Waals surface area contributed by atoms with Crippen LogP contribution in [0.1, 0.15) is 0 Å². The molecule has 64 heavy (non-hydrogen) atoms. The fourth-order valence-corrected chi connectivity index (χ4v) is 9.24. The van der Waals surface area contributed by atoms with Crippen molar-refractivity contribution in [2.45, 2.75) is 24.5 Å². The van der Waals surface area contributed by atoms with E-state index >= 15 is 4.39 Å². The number of hydrogen-bond acceptors (Lipinski definition) is 21. The number of anilines is 1. The zero-order valence-electron chi connectivity index (χ0n) is 30.7. The molecular weight excluding hydrogens is 993 g/mol. The first kappa shape index (κ1) is 49.1. The van der Waals surface area contributed by atoms with Crippen LogP contribution in [0.25, 0.3) is 10.8 Å². The lowest BCUT2D eigenvalue weighted by atomic mass is 10.1. The number of sulfone groups is 1. The Balaban J connectivity index is 1.61. The van der Waals surface area contributed by atoms with E-state index in [0.717, 1.165) is 24.3 Å². The lowest BCUT2D eigenvalue weighted by Gasteiger charge is -2.14. The van der Waals surface area contributed by atoms with Crippen molar-refractivity contribution in [3.8, 4) is 5.75 Å². The van der Waals surface area contributed by atoms with Gasteiger partial charge in [0.25, 0.3) is 40.5 Å². The van der Waals surface area contributed by atoms with Gasteiger partial charge in [-0.15, -0.1) is 25.6 Å². The van der Waals surface area contributed by atoms with Crippen molar-refractivity contribution >= 4 is 111 Å². The van der Waals surface area contributed by atoms with Crippen LogP contribution in [0.3, 0.4) is 0 Å². The minimum absolute atomic E-state index is 0.182. The molecule has 0 saturated heterocycles. The summed E-state index contributed by atoms with van der Waals surface area (Å²) in [7, 11) is -30.7. The van der Waals surface area contributed by atoms with Crippen molar-refractivity contribution in [1.82, 2.24) is 0 Å². The number of phenolic OH excluding ortho intramolecular Hbond substituents is 1. The van der Waals surface area contributed by atoms with Crippen molar-refractivity contribution in [1.29, 1.82) is 0 Å². The van der Waals surface area contributed by atoms with Crippen molar-refractivity contribution in [2.24, 2.45) is 30.7 Å². The van der Waals surface area contributed by atoms with Crippen LogP contribution in [0.5, 0.6) is 5.75 Å². The van der Waals surface area contributed by atoms with Gasteiger partial charge in [-0.3, -0.25) is 22.8 Å². The van der Waals surface area contributed by atoms with Crippen LogP contribution in [-0.2, 0) is 64.9 Å². The van der Waals surface area contributed by atoms with Crippen molar-refractivity contribution in [3.05, 3.63) is 78.4 Å². The van der Waals surface area contributed by atoms with Gasteiger partial charge in [-0.2, -0.15) is 47.2 Å². The maximum Gasteiger partial charge on any atom is 0.397 e. The van der Waals surface area contributed by atoms with E-state index in [9.17, 15) is 78.2 Å². The van der Waals surface area contributed by atoms with Crippen LogP contribution in [0.2, 0.25) is 0 Å². The van der Waals surface area contributed by atoms with E-state index in [-0.39, 0.29) is 16.6 Å². The Morgan fingerprint density at radius 2 is 1.05 bits per heavy atom. The topological polar surface area (TPSA) is 436 Å². The lowest BCUT2D eigenvalue weighted by molar-refractivity contribution is 0.284. The number of phenols is 1. The molecule has 34 heteroatoms. The molecular formula is C30H23F2N7O19S6. The van der Waals surface area contributed by atoms with Crippen molar-refractivity contribution < 1.29 is 91.3 Å². The van der Waals surface area contributed by atoms with Crippen LogP contribution in [0.15, 0.2) is 122 Å². The van der Waals surface area contributed by atoms with Gasteiger partial charge in [0, 0.05) is 12.1 Å². The second kappa shape index (κ2) is 17.6. The third-order valence-corrected chi connectivity index (χ3v) is 13.6. The highest BCUT2D eigenvalue weighted by Crippen LogP contribution is 2.49. The van der Waals surface area contributed by atoms with Gasteiger partial charge in [0.15, 0.2) is 21.4 Å². The molecule has 0 atom stereocenters. The second-order valence-corrected chi connectivity index (χ2v) is 21.0. The maximum absolute atomic E-state index is 15.3. The summed E-state index contributed by atoms with van der Waals surface area (Å²) in [5, 5.41) is 30.5. The third kappa shape index (κ3) is 11.4. The van der Waals surface area contributed by atoms with E-state index in [1.165, 1.54) is 0 Å². The molecule has 0 unspecified atom stereocenters. The third-order valence-electron chi connectivity index (χ3n) is 7.94. The van der Waals surface area contributed by atoms with Gasteiger partial charge >= 0.3 is 10.4 Å². The van der Waals surface area contributed by atoms with E-state index in [2.05, 4.69) is 34.9 Å². The van der Waals surface area contributed by atoms with Gasteiger partial charge in [0.05, 0.1) is 34.0 Å². The van der Waals surface area contributed by atoms with Crippen molar-refractivity contribution in [3.63, 3.8) is 0 Å². The fraction of sp³-hybridized carbons (Fsp3) is 0.0667. The molecule has 0 spiro atoms. The Kier molecular flexibility index (Phi) is 13.5. The number of hydrogen-bond donors (Lipinski definition) is 7. The van der Waals surface area contributed by atoms with Gasteiger partial charge in [-0.25, -0.2) is 21.4 Å². The number of nitrogens with two attached hydrogens (primary N) is 1. The van der Waals surface area contributed by atoms with Crippen LogP contribution >= 0.6 is 0 Å². The zero-order chi connectivity index (χ0) is 48.0. The molecule has 5 aromatic carbocycles. The van der Waals surface area contributed by atoms with Crippen molar-refractivity contribution in [2.75, 3.05) is 18.1 Å². The van der Waals surface area contributed by atoms with E-state index in [1.54, 1.807) is 0 Å². The zero-order valence-corrected chi connectivity index (χ0v) is 35.6. The second-order valence-electron chi connectivity index (χ2n) is 12.3. The Morgan fingerprint density at radius 1 is 0.547 bits per heavy atom. The first-order valence-corrected chi connectivity index (χ1v) is 24.9. The number of nitrogen functional groups attached to an aromatic ring is 1. The summed E-state index contributed by atoms with van der Waals surface area (Å²) in [5.41, 5.74) is -0.633. The molecule has 0 aliphatic rings. The summed E-state index contributed by atoms with van der Waals surface area (Å²) in [6.07, 6.45) is 0. The quantitative estimate of drug-likeness (QED) is 0.0401. The van der Waals surface area contributed by atoms with Gasteiger partial charge in [-0.05, 0) is 60.0 Å². The molecule has 0 fully saturated rings. The minimum atomic E-state index is -5.56. The molecule has 5 rings (SSSR count). The molecule has 0 aliphatic carbocycles. The average Bonchev–Trinajstić information content (AvgIpc) is 3.14. The number of nitrogens with zero attached hydrogens (tertiary/aromatic N) is 6. The van der Waals surface area contributed by atoms with E-state index < -0.39 is 155 Å². The molecule has 0 bridgehead atoms. The number of azo groups is 3. The standard InChI is InChI=1S/C30H23F2N7O19S6/c31-15-1-6-22(60(43,44)45)20(11-15)36-38-28-24(62(49,50)51)9-14-10-25(63(52,53)54)29(30(40)26(14)27(28)33)39-37-21-12-18(32)19(13-23(21)61(46,47)48)35-34-16-2-4-17(5-3-16)59(41,42)8-7-58-64(55,56)57/h1-6,9-13,40H,7-8,33H2,(H,43,44,45)(H,46,47,48)(H,49,50,51)(H,52,53,54)(H,55,56,57). The summed E-state index contributed by atoms with van der Waals surface area (Å²) >= 11 is 0. The number of fused-ring (bicyclic) bond motifs is 1. The number of rotatable bonds is 15. The Hall–Kier alpha value is -5.92. The van der Waals surface area contributed by atoms with E-state index in [1.807, 2.05) is 0 Å². The first-order chi connectivity index (χ1) is 29.3. The molecule has 0 aliphatic heterocycles. The normalized spacial score (nSPS) is 13.5. The smallest absolute Gasteiger partial charge is 0.397 e. The van der Waals surface area contributed by atoms with Crippen LogP contribution in [-0.4, -0.2) is 90.7 Å².